The van der Waals surface area contributed by atoms with Gasteiger partial charge in [-0.05, 0) is 31.9 Å². The van der Waals surface area contributed by atoms with Crippen molar-refractivity contribution < 1.29 is 24.5 Å². The fourth-order valence-corrected chi connectivity index (χ4v) is 2.77. The summed E-state index contributed by atoms with van der Waals surface area (Å²) in [7, 11) is 1.25. The molecule has 2 rings (SSSR count). The zero-order chi connectivity index (χ0) is 17.0. The number of urea groups is 1. The molecule has 1 aromatic carbocycles. The molecule has 7 heteroatoms. The predicted octanol–water partition coefficient (Wildman–Crippen LogP) is 2.12. The number of carbonyl (C=O) groups excluding carboxylic acids is 2. The Morgan fingerprint density at radius 2 is 1.91 bits per heavy atom. The summed E-state index contributed by atoms with van der Waals surface area (Å²) in [6, 6.07) is 2.75. The summed E-state index contributed by atoms with van der Waals surface area (Å²) in [5.74, 6) is -1.23. The molecule has 23 heavy (non-hydrogen) atoms. The van der Waals surface area contributed by atoms with Gasteiger partial charge < -0.3 is 20.3 Å². The van der Waals surface area contributed by atoms with Crippen LogP contribution in [0.1, 0.15) is 32.6 Å². The van der Waals surface area contributed by atoms with Gasteiger partial charge in [0.1, 0.15) is 6.04 Å². The Kier molecular flexibility index (Phi) is 5.31. The molecule has 1 atom stereocenters. The molecule has 0 heterocycles. The molecule has 0 spiro atoms. The quantitative estimate of drug-likeness (QED) is 0.582. The number of hydrogen-bond acceptors (Lipinski definition) is 5. The Morgan fingerprint density at radius 1 is 1.26 bits per heavy atom. The van der Waals surface area contributed by atoms with Crippen molar-refractivity contribution in [3.63, 3.8) is 0 Å². The second-order valence-corrected chi connectivity index (χ2v) is 5.67. The highest BCUT2D eigenvalue weighted by molar-refractivity contribution is 5.98. The van der Waals surface area contributed by atoms with Crippen molar-refractivity contribution in [2.75, 3.05) is 12.0 Å². The second kappa shape index (κ2) is 7.21. The molecule has 0 aromatic heterocycles. The van der Waals surface area contributed by atoms with Crippen LogP contribution >= 0.6 is 0 Å². The van der Waals surface area contributed by atoms with Crippen molar-refractivity contribution in [2.24, 2.45) is 0 Å². The summed E-state index contributed by atoms with van der Waals surface area (Å²) in [5.41, 5.74) is 0.300. The number of methoxy groups -OCH3 is 1. The smallest absolute Gasteiger partial charge is 0.328 e. The van der Waals surface area contributed by atoms with E-state index in [0.29, 0.717) is 5.69 Å². The largest absolute Gasteiger partial charge is 0.504 e. The first-order chi connectivity index (χ1) is 10.9. The first-order valence-corrected chi connectivity index (χ1v) is 7.63. The predicted molar refractivity (Wildman–Crippen MR) is 84.5 cm³/mol. The van der Waals surface area contributed by atoms with Crippen LogP contribution < -0.4 is 10.2 Å². The monoisotopic (exact) mass is 322 g/mol. The van der Waals surface area contributed by atoms with Gasteiger partial charge in [0.25, 0.3) is 0 Å². The number of esters is 1. The molecule has 1 aromatic rings. The van der Waals surface area contributed by atoms with Crippen LogP contribution in [-0.4, -0.2) is 41.4 Å². The van der Waals surface area contributed by atoms with Crippen LogP contribution in [0.2, 0.25) is 0 Å². The highest BCUT2D eigenvalue weighted by Gasteiger charge is 2.30. The number of phenols is 2. The zero-order valence-electron chi connectivity index (χ0n) is 13.3. The van der Waals surface area contributed by atoms with E-state index in [9.17, 15) is 19.8 Å². The van der Waals surface area contributed by atoms with Crippen LogP contribution in [0.15, 0.2) is 18.2 Å². The third kappa shape index (κ3) is 3.85. The van der Waals surface area contributed by atoms with Gasteiger partial charge in [-0.3, -0.25) is 4.90 Å². The number of nitrogens with one attached hydrogen (secondary N) is 1. The number of ether oxygens (including phenoxy) is 1. The van der Waals surface area contributed by atoms with Crippen LogP contribution in [-0.2, 0) is 9.53 Å². The average Bonchev–Trinajstić information content (AvgIpc) is 3.03. The zero-order valence-corrected chi connectivity index (χ0v) is 13.3. The number of phenolic OH excluding ortho intramolecular Hbond substituents is 2. The molecule has 0 aliphatic heterocycles. The summed E-state index contributed by atoms with van der Waals surface area (Å²) in [5, 5.41) is 22.0. The Morgan fingerprint density at radius 3 is 2.48 bits per heavy atom. The molecule has 126 valence electrons. The molecule has 0 radical (unpaired) electrons. The normalized spacial score (nSPS) is 15.9. The van der Waals surface area contributed by atoms with E-state index in [1.165, 1.54) is 30.2 Å². The van der Waals surface area contributed by atoms with Crippen LogP contribution in [0.25, 0.3) is 0 Å². The number of aromatic hydroxyl groups is 2. The molecule has 1 saturated carbocycles. The van der Waals surface area contributed by atoms with Gasteiger partial charge in [0.2, 0.25) is 0 Å². The molecule has 1 aliphatic rings. The summed E-state index contributed by atoms with van der Waals surface area (Å²) >= 11 is 0. The molecule has 0 saturated heterocycles. The molecule has 1 fully saturated rings. The number of anilines is 1. The second-order valence-electron chi connectivity index (χ2n) is 5.67. The van der Waals surface area contributed by atoms with E-state index >= 15 is 0 Å². The van der Waals surface area contributed by atoms with Crippen LogP contribution in [0.5, 0.6) is 11.5 Å². The number of hydrogen-bond donors (Lipinski definition) is 3. The van der Waals surface area contributed by atoms with Gasteiger partial charge in [0.05, 0.1) is 12.8 Å². The van der Waals surface area contributed by atoms with Crippen molar-refractivity contribution in [1.82, 2.24) is 5.32 Å². The Balaban J connectivity index is 2.28. The van der Waals surface area contributed by atoms with E-state index in [-0.39, 0.29) is 17.5 Å². The average molecular weight is 322 g/mol. The van der Waals surface area contributed by atoms with Gasteiger partial charge in [-0.25, -0.2) is 9.59 Å². The molecular formula is C16H22N2O5. The summed E-state index contributed by atoms with van der Waals surface area (Å²) in [6.07, 6.45) is 3.95. The number of amides is 2. The molecule has 0 bridgehead atoms. The van der Waals surface area contributed by atoms with Crippen molar-refractivity contribution in [3.8, 4) is 11.5 Å². The maximum absolute atomic E-state index is 12.6. The lowest BCUT2D eigenvalue weighted by Crippen LogP contribution is -2.51. The van der Waals surface area contributed by atoms with Gasteiger partial charge in [-0.2, -0.15) is 0 Å². The minimum absolute atomic E-state index is 0.0839. The lowest BCUT2D eigenvalue weighted by molar-refractivity contribution is -0.141. The molecule has 1 aliphatic carbocycles. The van der Waals surface area contributed by atoms with Crippen molar-refractivity contribution in [2.45, 2.75) is 44.7 Å². The Labute approximate surface area is 134 Å². The fourth-order valence-electron chi connectivity index (χ4n) is 2.77. The maximum Gasteiger partial charge on any atom is 0.328 e. The van der Waals surface area contributed by atoms with Gasteiger partial charge in [0, 0.05) is 12.1 Å². The molecule has 3 N–H and O–H groups in total. The molecule has 7 nitrogen and oxygen atoms in total. The fraction of sp³-hybridized carbons (Fsp3) is 0.500. The molecular weight excluding hydrogens is 300 g/mol. The Bertz CT molecular complexity index is 584. The number of nitrogens with zero attached hydrogens (tertiary/aromatic N) is 1. The van der Waals surface area contributed by atoms with Gasteiger partial charge in [-0.15, -0.1) is 0 Å². The van der Waals surface area contributed by atoms with Crippen LogP contribution in [0, 0.1) is 0 Å². The topological polar surface area (TPSA) is 99.1 Å². The van der Waals surface area contributed by atoms with E-state index in [1.807, 2.05) is 0 Å². The van der Waals surface area contributed by atoms with Crippen LogP contribution in [0.4, 0.5) is 10.5 Å². The van der Waals surface area contributed by atoms with Gasteiger partial charge >= 0.3 is 12.0 Å². The summed E-state index contributed by atoms with van der Waals surface area (Å²) in [6.45, 7) is 1.55. The molecule has 1 unspecified atom stereocenters. The van der Waals surface area contributed by atoms with E-state index < -0.39 is 18.0 Å². The highest BCUT2D eigenvalue weighted by Crippen LogP contribution is 2.31. The van der Waals surface area contributed by atoms with E-state index in [2.05, 4.69) is 5.32 Å². The highest BCUT2D eigenvalue weighted by atomic mass is 16.5. The van der Waals surface area contributed by atoms with Crippen molar-refractivity contribution in [1.29, 1.82) is 0 Å². The number of rotatable bonds is 4. The van der Waals surface area contributed by atoms with E-state index in [1.54, 1.807) is 6.92 Å². The summed E-state index contributed by atoms with van der Waals surface area (Å²) < 4.78 is 4.72. The minimum Gasteiger partial charge on any atom is -0.504 e. The third-order valence-electron chi connectivity index (χ3n) is 4.07. The van der Waals surface area contributed by atoms with Gasteiger partial charge in [-0.1, -0.05) is 12.8 Å². The first-order valence-electron chi connectivity index (χ1n) is 7.63. The third-order valence-corrected chi connectivity index (χ3v) is 4.07. The molecule has 2 amide bonds. The van der Waals surface area contributed by atoms with Crippen molar-refractivity contribution in [3.05, 3.63) is 18.2 Å². The van der Waals surface area contributed by atoms with Gasteiger partial charge in [0.15, 0.2) is 11.5 Å². The lowest BCUT2D eigenvalue weighted by atomic mass is 10.2. The summed E-state index contributed by atoms with van der Waals surface area (Å²) in [4.78, 5) is 25.7. The Hall–Kier alpha value is -2.44. The van der Waals surface area contributed by atoms with E-state index in [4.69, 9.17) is 4.74 Å². The first kappa shape index (κ1) is 16.9. The number of carbonyl (C=O) groups is 2. The minimum atomic E-state index is -0.870. The van der Waals surface area contributed by atoms with Crippen molar-refractivity contribution >= 4 is 17.7 Å². The maximum atomic E-state index is 12.6. The number of benzene rings is 1. The SMILES string of the molecule is COC(=O)C(C)N(C(=O)NC1CCCC1)c1ccc(O)c(O)c1. The van der Waals surface area contributed by atoms with Crippen LogP contribution in [0.3, 0.4) is 0 Å². The standard InChI is InChI=1S/C16H22N2O5/c1-10(15(21)23-2)18(12-7-8-13(19)14(20)9-12)16(22)17-11-5-3-4-6-11/h7-11,19-20H,3-6H2,1-2H3,(H,17,22). The lowest BCUT2D eigenvalue weighted by Gasteiger charge is -2.29. The van der Waals surface area contributed by atoms with E-state index in [0.717, 1.165) is 25.7 Å².